The second kappa shape index (κ2) is 5.95. The molecule has 0 amide bonds. The van der Waals surface area contributed by atoms with Crippen LogP contribution in [-0.2, 0) is 0 Å². The minimum absolute atomic E-state index is 0.0990. The standard InChI is InChI=1S/C21H12F2N4/c22-14-3-4-17(23)16(10-14)18-11-20(15-2-1-7-25-21(15)26-18)27-9-6-13-12-24-8-5-19(13)27/h1-12H. The second-order valence-corrected chi connectivity index (χ2v) is 6.15. The van der Waals surface area contributed by atoms with E-state index >= 15 is 0 Å². The zero-order valence-electron chi connectivity index (χ0n) is 14.0. The number of aromatic nitrogens is 4. The fraction of sp³-hybridized carbons (Fsp3) is 0. The summed E-state index contributed by atoms with van der Waals surface area (Å²) in [6.07, 6.45) is 7.04. The molecule has 0 N–H and O–H groups in total. The van der Waals surface area contributed by atoms with E-state index in [0.717, 1.165) is 40.2 Å². The molecule has 0 fully saturated rings. The first-order chi connectivity index (χ1) is 13.2. The third-order valence-electron chi connectivity index (χ3n) is 4.52. The molecule has 4 nitrogen and oxygen atoms in total. The molecule has 0 atom stereocenters. The van der Waals surface area contributed by atoms with Crippen LogP contribution in [0.4, 0.5) is 8.78 Å². The van der Waals surface area contributed by atoms with Crippen molar-refractivity contribution < 1.29 is 8.78 Å². The van der Waals surface area contributed by atoms with Crippen LogP contribution >= 0.6 is 0 Å². The van der Waals surface area contributed by atoms with Gasteiger partial charge in [-0.1, -0.05) is 0 Å². The first kappa shape index (κ1) is 15.6. The molecule has 130 valence electrons. The van der Waals surface area contributed by atoms with E-state index in [1.807, 2.05) is 35.0 Å². The quantitative estimate of drug-likeness (QED) is 0.450. The van der Waals surface area contributed by atoms with Crippen LogP contribution in [0.1, 0.15) is 0 Å². The lowest BCUT2D eigenvalue weighted by atomic mass is 10.1. The summed E-state index contributed by atoms with van der Waals surface area (Å²) in [5.41, 5.74) is 2.62. The number of pyridine rings is 3. The van der Waals surface area contributed by atoms with Gasteiger partial charge in [0.05, 0.1) is 16.9 Å². The lowest BCUT2D eigenvalue weighted by Crippen LogP contribution is -1.99. The average Bonchev–Trinajstić information content (AvgIpc) is 3.13. The van der Waals surface area contributed by atoms with Crippen LogP contribution in [0.2, 0.25) is 0 Å². The average molecular weight is 358 g/mol. The van der Waals surface area contributed by atoms with Crippen molar-refractivity contribution in [3.8, 4) is 16.9 Å². The third-order valence-corrected chi connectivity index (χ3v) is 4.52. The maximum absolute atomic E-state index is 14.3. The van der Waals surface area contributed by atoms with Crippen LogP contribution < -0.4 is 0 Å². The third kappa shape index (κ3) is 2.54. The Balaban J connectivity index is 1.85. The van der Waals surface area contributed by atoms with Gasteiger partial charge in [0.15, 0.2) is 5.65 Å². The summed E-state index contributed by atoms with van der Waals surface area (Å²) in [4.78, 5) is 12.9. The van der Waals surface area contributed by atoms with Crippen molar-refractivity contribution in [1.82, 2.24) is 19.5 Å². The van der Waals surface area contributed by atoms with Crippen molar-refractivity contribution in [3.05, 3.63) is 85.0 Å². The van der Waals surface area contributed by atoms with Gasteiger partial charge in [0.1, 0.15) is 11.6 Å². The first-order valence-electron chi connectivity index (χ1n) is 8.33. The topological polar surface area (TPSA) is 43.6 Å². The molecule has 1 aromatic carbocycles. The van der Waals surface area contributed by atoms with Gasteiger partial charge in [0.25, 0.3) is 0 Å². The lowest BCUT2D eigenvalue weighted by molar-refractivity contribution is 0.602. The number of rotatable bonds is 2. The minimum Gasteiger partial charge on any atom is -0.316 e. The van der Waals surface area contributed by atoms with Crippen molar-refractivity contribution in [3.63, 3.8) is 0 Å². The summed E-state index contributed by atoms with van der Waals surface area (Å²) in [7, 11) is 0. The molecule has 0 unspecified atom stereocenters. The zero-order valence-corrected chi connectivity index (χ0v) is 14.0. The van der Waals surface area contributed by atoms with Gasteiger partial charge in [0.2, 0.25) is 0 Å². The van der Waals surface area contributed by atoms with Crippen molar-refractivity contribution in [1.29, 1.82) is 0 Å². The minimum atomic E-state index is -0.535. The highest BCUT2D eigenvalue weighted by molar-refractivity contribution is 5.91. The fourth-order valence-electron chi connectivity index (χ4n) is 3.26. The Labute approximate surface area is 152 Å². The molecule has 0 saturated carbocycles. The molecular weight excluding hydrogens is 346 g/mol. The van der Waals surface area contributed by atoms with Gasteiger partial charge in [-0.15, -0.1) is 0 Å². The maximum atomic E-state index is 14.3. The Hall–Kier alpha value is -3.67. The van der Waals surface area contributed by atoms with Crippen molar-refractivity contribution in [2.45, 2.75) is 0 Å². The summed E-state index contributed by atoms with van der Waals surface area (Å²) < 4.78 is 30.0. The molecule has 5 aromatic rings. The van der Waals surface area contributed by atoms with Crippen LogP contribution in [0.5, 0.6) is 0 Å². The Morgan fingerprint density at radius 3 is 2.78 bits per heavy atom. The van der Waals surface area contributed by atoms with Crippen LogP contribution in [0, 0.1) is 11.6 Å². The number of nitrogens with zero attached hydrogens (tertiary/aromatic N) is 4. The van der Waals surface area contributed by atoms with Gasteiger partial charge >= 0.3 is 0 Å². The van der Waals surface area contributed by atoms with Crippen LogP contribution in [0.25, 0.3) is 38.9 Å². The van der Waals surface area contributed by atoms with Crippen molar-refractivity contribution in [2.75, 3.05) is 0 Å². The molecule has 0 aliphatic carbocycles. The highest BCUT2D eigenvalue weighted by atomic mass is 19.1. The zero-order chi connectivity index (χ0) is 18.4. The summed E-state index contributed by atoms with van der Waals surface area (Å²) >= 11 is 0. The van der Waals surface area contributed by atoms with Crippen molar-refractivity contribution in [2.24, 2.45) is 0 Å². The monoisotopic (exact) mass is 358 g/mol. The Kier molecular flexibility index (Phi) is 3.43. The van der Waals surface area contributed by atoms with Crippen LogP contribution in [0.15, 0.2) is 73.3 Å². The highest BCUT2D eigenvalue weighted by Crippen LogP contribution is 2.30. The normalized spacial score (nSPS) is 11.3. The number of halogens is 2. The summed E-state index contributed by atoms with van der Waals surface area (Å²) in [6, 6.07) is 12.7. The summed E-state index contributed by atoms with van der Waals surface area (Å²) in [6.45, 7) is 0. The Morgan fingerprint density at radius 2 is 1.85 bits per heavy atom. The number of benzene rings is 1. The van der Waals surface area contributed by atoms with Gasteiger partial charge < -0.3 is 4.57 Å². The second-order valence-electron chi connectivity index (χ2n) is 6.15. The molecule has 0 aliphatic heterocycles. The van der Waals surface area contributed by atoms with Gasteiger partial charge in [-0.3, -0.25) is 4.98 Å². The first-order valence-corrected chi connectivity index (χ1v) is 8.33. The Bertz CT molecular complexity index is 1310. The summed E-state index contributed by atoms with van der Waals surface area (Å²) in [5, 5.41) is 1.79. The van der Waals surface area contributed by atoms with E-state index in [-0.39, 0.29) is 5.56 Å². The molecule has 5 rings (SSSR count). The van der Waals surface area contributed by atoms with E-state index in [9.17, 15) is 8.78 Å². The Morgan fingerprint density at radius 1 is 0.926 bits per heavy atom. The highest BCUT2D eigenvalue weighted by Gasteiger charge is 2.14. The van der Waals surface area contributed by atoms with Crippen LogP contribution in [0.3, 0.4) is 0 Å². The van der Waals surface area contributed by atoms with Gasteiger partial charge in [-0.05, 0) is 48.5 Å². The number of hydrogen-bond acceptors (Lipinski definition) is 3. The number of hydrogen-bond donors (Lipinski definition) is 0. The van der Waals surface area contributed by atoms with Gasteiger partial charge in [0, 0.05) is 41.1 Å². The molecule has 0 bridgehead atoms. The molecule has 4 aromatic heterocycles. The van der Waals surface area contributed by atoms with Crippen molar-refractivity contribution >= 4 is 21.9 Å². The van der Waals surface area contributed by atoms with Gasteiger partial charge in [-0.2, -0.15) is 0 Å². The molecular formula is C21H12F2N4. The van der Waals surface area contributed by atoms with Crippen LogP contribution in [-0.4, -0.2) is 19.5 Å². The molecule has 27 heavy (non-hydrogen) atoms. The molecule has 6 heteroatoms. The van der Waals surface area contributed by atoms with E-state index in [1.54, 1.807) is 24.7 Å². The number of fused-ring (bicyclic) bond motifs is 2. The van der Waals surface area contributed by atoms with E-state index in [0.29, 0.717) is 11.3 Å². The molecule has 0 saturated heterocycles. The molecule has 4 heterocycles. The van der Waals surface area contributed by atoms with E-state index in [1.165, 1.54) is 0 Å². The largest absolute Gasteiger partial charge is 0.316 e. The predicted molar refractivity (Wildman–Crippen MR) is 99.5 cm³/mol. The van der Waals surface area contributed by atoms with E-state index < -0.39 is 11.6 Å². The molecule has 0 aliphatic rings. The van der Waals surface area contributed by atoms with E-state index in [4.69, 9.17) is 0 Å². The SMILES string of the molecule is Fc1ccc(F)c(-c2cc(-n3ccc4cnccc43)c3cccnc3n2)c1. The molecule has 0 radical (unpaired) electrons. The van der Waals surface area contributed by atoms with Gasteiger partial charge in [-0.25, -0.2) is 18.7 Å². The predicted octanol–water partition coefficient (Wildman–Crippen LogP) is 4.91. The smallest absolute Gasteiger partial charge is 0.161 e. The lowest BCUT2D eigenvalue weighted by Gasteiger charge is -2.12. The fourth-order valence-corrected chi connectivity index (χ4v) is 3.26. The molecule has 0 spiro atoms. The van der Waals surface area contributed by atoms with E-state index in [2.05, 4.69) is 15.0 Å². The maximum Gasteiger partial charge on any atom is 0.161 e. The summed E-state index contributed by atoms with van der Waals surface area (Å²) in [5.74, 6) is -1.06.